The number of thiazole rings is 1. The highest BCUT2D eigenvalue weighted by atomic mass is 32.2. The van der Waals surface area contributed by atoms with E-state index in [9.17, 15) is 18.3 Å². The highest BCUT2D eigenvalue weighted by Gasteiger charge is 2.34. The van der Waals surface area contributed by atoms with Crippen LogP contribution in [0.2, 0.25) is 0 Å². The van der Waals surface area contributed by atoms with E-state index in [1.54, 1.807) is 37.4 Å². The van der Waals surface area contributed by atoms with Crippen molar-refractivity contribution >= 4 is 42.7 Å². The number of aromatic nitrogens is 2. The van der Waals surface area contributed by atoms with E-state index < -0.39 is 22.0 Å². The first-order chi connectivity index (χ1) is 18.4. The summed E-state index contributed by atoms with van der Waals surface area (Å²) in [5.74, 6) is 0.329. The number of hydrogen-bond donors (Lipinski definition) is 3. The first-order valence-corrected chi connectivity index (χ1v) is 15.2. The molecule has 204 valence electrons. The number of amides is 1. The Kier molecular flexibility index (Phi) is 8.24. The molecule has 1 saturated carbocycles. The van der Waals surface area contributed by atoms with Gasteiger partial charge in [0.25, 0.3) is 0 Å². The van der Waals surface area contributed by atoms with Crippen molar-refractivity contribution in [1.29, 1.82) is 0 Å². The van der Waals surface area contributed by atoms with E-state index in [0.717, 1.165) is 31.2 Å². The Bertz CT molecular complexity index is 1370. The van der Waals surface area contributed by atoms with Gasteiger partial charge in [0.1, 0.15) is 10.3 Å². The van der Waals surface area contributed by atoms with Gasteiger partial charge in [-0.05, 0) is 36.1 Å². The average molecular weight is 560 g/mol. The van der Waals surface area contributed by atoms with E-state index in [4.69, 9.17) is 4.74 Å². The SMILES string of the molecule is COc1ccc2nc(NC(=O)C(CC3CCCC3)c3ccc(S(=O)(=O)N4CCNCC4CO)cc3)sc2n1. The average Bonchev–Trinajstić information content (AvgIpc) is 3.60. The number of aliphatic hydroxyl groups is 1. The maximum Gasteiger partial charge on any atom is 0.243 e. The summed E-state index contributed by atoms with van der Waals surface area (Å²) in [7, 11) is -2.22. The van der Waals surface area contributed by atoms with E-state index in [1.165, 1.54) is 15.6 Å². The number of pyridine rings is 1. The van der Waals surface area contributed by atoms with E-state index in [2.05, 4.69) is 20.6 Å². The fraction of sp³-hybridized carbons (Fsp3) is 0.500. The van der Waals surface area contributed by atoms with Crippen LogP contribution in [0.3, 0.4) is 0 Å². The van der Waals surface area contributed by atoms with E-state index in [1.807, 2.05) is 6.07 Å². The van der Waals surface area contributed by atoms with Crippen LogP contribution in [-0.2, 0) is 14.8 Å². The van der Waals surface area contributed by atoms with Crippen LogP contribution in [0.4, 0.5) is 5.13 Å². The molecule has 1 aliphatic carbocycles. The van der Waals surface area contributed by atoms with Gasteiger partial charge in [-0.3, -0.25) is 4.79 Å². The first kappa shape index (κ1) is 26.9. The Morgan fingerprint density at radius 1 is 1.21 bits per heavy atom. The van der Waals surface area contributed by atoms with Gasteiger partial charge in [-0.15, -0.1) is 0 Å². The zero-order valence-corrected chi connectivity index (χ0v) is 22.9. The Morgan fingerprint density at radius 2 is 1.97 bits per heavy atom. The molecule has 2 fully saturated rings. The summed E-state index contributed by atoms with van der Waals surface area (Å²) in [6.07, 6.45) is 5.20. The zero-order chi connectivity index (χ0) is 26.7. The monoisotopic (exact) mass is 559 g/mol. The summed E-state index contributed by atoms with van der Waals surface area (Å²) in [5.41, 5.74) is 1.45. The lowest BCUT2D eigenvalue weighted by molar-refractivity contribution is -0.118. The van der Waals surface area contributed by atoms with Gasteiger partial charge in [0.05, 0.1) is 30.6 Å². The number of ether oxygens (including phenoxy) is 1. The molecule has 1 aliphatic heterocycles. The van der Waals surface area contributed by atoms with Crippen LogP contribution in [0, 0.1) is 5.92 Å². The van der Waals surface area contributed by atoms with Crippen molar-refractivity contribution in [2.24, 2.45) is 5.92 Å². The molecule has 38 heavy (non-hydrogen) atoms. The number of nitrogens with one attached hydrogen (secondary N) is 2. The molecule has 3 heterocycles. The molecule has 1 saturated heterocycles. The molecule has 1 aromatic carbocycles. The molecule has 10 nitrogen and oxygen atoms in total. The van der Waals surface area contributed by atoms with E-state index in [-0.39, 0.29) is 17.4 Å². The second-order valence-corrected chi connectivity index (χ2v) is 12.7. The summed E-state index contributed by atoms with van der Waals surface area (Å²) < 4.78 is 33.2. The number of hydrogen-bond acceptors (Lipinski definition) is 9. The van der Waals surface area contributed by atoms with Crippen molar-refractivity contribution in [3.05, 3.63) is 42.0 Å². The van der Waals surface area contributed by atoms with Crippen molar-refractivity contribution in [2.45, 2.75) is 49.0 Å². The highest BCUT2D eigenvalue weighted by Crippen LogP contribution is 2.36. The summed E-state index contributed by atoms with van der Waals surface area (Å²) in [6.45, 7) is 0.990. The Morgan fingerprint density at radius 3 is 2.68 bits per heavy atom. The second-order valence-electron chi connectivity index (χ2n) is 9.85. The minimum atomic E-state index is -3.77. The molecule has 3 N–H and O–H groups in total. The molecule has 12 heteroatoms. The Balaban J connectivity index is 1.38. The van der Waals surface area contributed by atoms with Gasteiger partial charge in [-0.1, -0.05) is 49.2 Å². The van der Waals surface area contributed by atoms with Crippen LogP contribution in [-0.4, -0.2) is 73.1 Å². The smallest absolute Gasteiger partial charge is 0.243 e. The number of carbonyl (C=O) groups excluding carboxylic acids is 1. The molecule has 5 rings (SSSR count). The summed E-state index contributed by atoms with van der Waals surface area (Å²) >= 11 is 1.29. The lowest BCUT2D eigenvalue weighted by Gasteiger charge is -2.34. The summed E-state index contributed by atoms with van der Waals surface area (Å²) in [5, 5.41) is 16.2. The first-order valence-electron chi connectivity index (χ1n) is 12.9. The number of rotatable bonds is 9. The standard InChI is InChI=1S/C26H33N5O5S2/c1-36-23-11-10-22-25(29-23)37-26(28-22)30-24(33)21(14-17-4-2-3-5-17)18-6-8-20(9-7-18)38(34,35)31-13-12-27-15-19(31)16-32/h6-11,17,19,21,27,32H,2-5,12-16H2,1H3,(H,28,30,33). The van der Waals surface area contributed by atoms with Crippen molar-refractivity contribution in [1.82, 2.24) is 19.6 Å². The lowest BCUT2D eigenvalue weighted by Crippen LogP contribution is -2.54. The fourth-order valence-electron chi connectivity index (χ4n) is 5.36. The third-order valence-corrected chi connectivity index (χ3v) is 10.3. The largest absolute Gasteiger partial charge is 0.481 e. The van der Waals surface area contributed by atoms with Gasteiger partial charge in [-0.2, -0.15) is 4.31 Å². The van der Waals surface area contributed by atoms with Gasteiger partial charge in [0.15, 0.2) is 5.13 Å². The molecular weight excluding hydrogens is 526 g/mol. The molecular formula is C26H33N5O5S2. The third kappa shape index (κ3) is 5.69. The molecule has 0 bridgehead atoms. The molecule has 2 unspecified atom stereocenters. The maximum atomic E-state index is 13.6. The van der Waals surface area contributed by atoms with Gasteiger partial charge in [0, 0.05) is 25.7 Å². The minimum Gasteiger partial charge on any atom is -0.481 e. The molecule has 2 atom stereocenters. The number of benzene rings is 1. The van der Waals surface area contributed by atoms with Gasteiger partial charge < -0.3 is 20.5 Å². The van der Waals surface area contributed by atoms with Crippen LogP contribution in [0.15, 0.2) is 41.3 Å². The van der Waals surface area contributed by atoms with Crippen LogP contribution in [0.1, 0.15) is 43.6 Å². The molecule has 1 amide bonds. The predicted octanol–water partition coefficient (Wildman–Crippen LogP) is 2.96. The van der Waals surface area contributed by atoms with Crippen molar-refractivity contribution in [3.8, 4) is 5.88 Å². The Labute approximate surface area is 226 Å². The predicted molar refractivity (Wildman–Crippen MR) is 146 cm³/mol. The fourth-order valence-corrected chi connectivity index (χ4v) is 7.80. The zero-order valence-electron chi connectivity index (χ0n) is 21.3. The maximum absolute atomic E-state index is 13.6. The summed E-state index contributed by atoms with van der Waals surface area (Å²) in [4.78, 5) is 23.3. The number of fused-ring (bicyclic) bond motifs is 1. The number of carbonyl (C=O) groups is 1. The number of sulfonamides is 1. The number of aliphatic hydroxyl groups excluding tert-OH is 1. The molecule has 0 radical (unpaired) electrons. The van der Waals surface area contributed by atoms with Crippen LogP contribution in [0.5, 0.6) is 5.88 Å². The Hall–Kier alpha value is -2.64. The van der Waals surface area contributed by atoms with Gasteiger partial charge in [0.2, 0.25) is 21.8 Å². The molecule has 2 aliphatic rings. The highest BCUT2D eigenvalue weighted by molar-refractivity contribution is 7.89. The van der Waals surface area contributed by atoms with Crippen LogP contribution in [0.25, 0.3) is 10.3 Å². The van der Waals surface area contributed by atoms with E-state index >= 15 is 0 Å². The summed E-state index contributed by atoms with van der Waals surface area (Å²) in [6, 6.07) is 9.67. The molecule has 3 aromatic rings. The molecule has 2 aromatic heterocycles. The number of methoxy groups -OCH3 is 1. The topological polar surface area (TPSA) is 134 Å². The minimum absolute atomic E-state index is 0.160. The quantitative estimate of drug-likeness (QED) is 0.364. The van der Waals surface area contributed by atoms with Crippen LogP contribution >= 0.6 is 11.3 Å². The van der Waals surface area contributed by atoms with Crippen molar-refractivity contribution in [2.75, 3.05) is 38.7 Å². The van der Waals surface area contributed by atoms with Gasteiger partial charge in [-0.25, -0.2) is 18.4 Å². The van der Waals surface area contributed by atoms with Gasteiger partial charge >= 0.3 is 0 Å². The van der Waals surface area contributed by atoms with Crippen molar-refractivity contribution < 1.29 is 23.1 Å². The van der Waals surface area contributed by atoms with E-state index in [0.29, 0.717) is 53.3 Å². The lowest BCUT2D eigenvalue weighted by atomic mass is 9.87. The number of piperazine rings is 1. The second kappa shape index (κ2) is 11.6. The van der Waals surface area contributed by atoms with Crippen molar-refractivity contribution in [3.63, 3.8) is 0 Å². The normalized spacial score (nSPS) is 20.0. The third-order valence-electron chi connectivity index (χ3n) is 7.43. The number of nitrogens with zero attached hydrogens (tertiary/aromatic N) is 3. The van der Waals surface area contributed by atoms with Crippen LogP contribution < -0.4 is 15.4 Å². The molecule has 0 spiro atoms. The number of anilines is 1.